The smallest absolute Gasteiger partial charge is 0.128 e. The highest BCUT2D eigenvalue weighted by Crippen LogP contribution is 2.23. The molecule has 0 atom stereocenters. The minimum Gasteiger partial charge on any atom is -0.381 e. The zero-order valence-corrected chi connectivity index (χ0v) is 16.7. The summed E-state index contributed by atoms with van der Waals surface area (Å²) in [6.07, 6.45) is 2.14. The van der Waals surface area contributed by atoms with E-state index in [2.05, 4.69) is 35.8 Å². The van der Waals surface area contributed by atoms with Crippen LogP contribution in [0.5, 0.6) is 0 Å². The molecule has 1 rings (SSSR count). The van der Waals surface area contributed by atoms with E-state index in [0.29, 0.717) is 16.8 Å². The molecule has 0 aliphatic heterocycles. The molecule has 2 N–H and O–H groups in total. The predicted octanol–water partition coefficient (Wildman–Crippen LogP) is 4.96. The summed E-state index contributed by atoms with van der Waals surface area (Å²) in [5, 5.41) is 15.5. The van der Waals surface area contributed by atoms with Crippen molar-refractivity contribution < 1.29 is 4.39 Å². The number of aliphatic imine (C=N–C) groups is 1. The van der Waals surface area contributed by atoms with Crippen LogP contribution < -0.4 is 10.6 Å². The molecule has 0 heterocycles. The Hall–Kier alpha value is -2.87. The SMILES string of the molecule is C=N/C(NCCCC)=C(\C)C(C(=C)NCc1cc(C#N)ccc1F)=C(C)C. The lowest BCUT2D eigenvalue weighted by atomic mass is 9.99. The number of hydrogen-bond donors (Lipinski definition) is 2. The molecule has 0 aromatic heterocycles. The Morgan fingerprint density at radius 1 is 1.26 bits per heavy atom. The Morgan fingerprint density at radius 2 is 1.96 bits per heavy atom. The zero-order valence-electron chi connectivity index (χ0n) is 16.7. The van der Waals surface area contributed by atoms with Crippen molar-refractivity contribution in [3.05, 3.63) is 70.0 Å². The summed E-state index contributed by atoms with van der Waals surface area (Å²) in [7, 11) is 0. The van der Waals surface area contributed by atoms with Gasteiger partial charge < -0.3 is 10.6 Å². The summed E-state index contributed by atoms with van der Waals surface area (Å²) in [5.74, 6) is 0.371. The van der Waals surface area contributed by atoms with E-state index in [4.69, 9.17) is 5.26 Å². The first-order chi connectivity index (χ1) is 12.8. The van der Waals surface area contributed by atoms with Gasteiger partial charge in [0.15, 0.2) is 0 Å². The fourth-order valence-electron chi connectivity index (χ4n) is 2.78. The number of unbranched alkanes of at least 4 members (excludes halogenated alkanes) is 1. The summed E-state index contributed by atoms with van der Waals surface area (Å²) in [4.78, 5) is 4.12. The monoisotopic (exact) mass is 368 g/mol. The van der Waals surface area contributed by atoms with Crippen LogP contribution in [0.15, 0.2) is 58.0 Å². The average molecular weight is 369 g/mol. The van der Waals surface area contributed by atoms with Crippen LogP contribution in [0.2, 0.25) is 0 Å². The number of benzene rings is 1. The lowest BCUT2D eigenvalue weighted by Gasteiger charge is -2.19. The minimum absolute atomic E-state index is 0.240. The Morgan fingerprint density at radius 3 is 2.52 bits per heavy atom. The van der Waals surface area contributed by atoms with Gasteiger partial charge in [0, 0.05) is 35.5 Å². The van der Waals surface area contributed by atoms with Gasteiger partial charge >= 0.3 is 0 Å². The van der Waals surface area contributed by atoms with E-state index in [9.17, 15) is 4.39 Å². The largest absolute Gasteiger partial charge is 0.381 e. The van der Waals surface area contributed by atoms with Gasteiger partial charge in [-0.3, -0.25) is 0 Å². The minimum atomic E-state index is -0.352. The third kappa shape index (κ3) is 6.41. The third-order valence-electron chi connectivity index (χ3n) is 4.18. The molecule has 0 fully saturated rings. The molecular weight excluding hydrogens is 339 g/mol. The van der Waals surface area contributed by atoms with Crippen molar-refractivity contribution in [2.24, 2.45) is 4.99 Å². The lowest BCUT2D eigenvalue weighted by Crippen LogP contribution is -2.19. The number of allylic oxidation sites excluding steroid dienone is 2. The summed E-state index contributed by atoms with van der Waals surface area (Å²) in [6, 6.07) is 6.34. The van der Waals surface area contributed by atoms with Gasteiger partial charge in [0.1, 0.15) is 11.6 Å². The molecule has 144 valence electrons. The molecule has 0 bridgehead atoms. The van der Waals surface area contributed by atoms with Gasteiger partial charge in [-0.2, -0.15) is 5.26 Å². The van der Waals surface area contributed by atoms with Gasteiger partial charge in [0.2, 0.25) is 0 Å². The van der Waals surface area contributed by atoms with Crippen LogP contribution in [0.4, 0.5) is 4.39 Å². The number of nitriles is 1. The van der Waals surface area contributed by atoms with Gasteiger partial charge in [0.25, 0.3) is 0 Å². The van der Waals surface area contributed by atoms with E-state index in [1.165, 1.54) is 12.1 Å². The molecule has 5 heteroatoms. The van der Waals surface area contributed by atoms with Gasteiger partial charge in [0.05, 0.1) is 11.6 Å². The number of halogens is 1. The second-order valence-corrected chi connectivity index (χ2v) is 6.54. The summed E-state index contributed by atoms with van der Waals surface area (Å²) >= 11 is 0. The highest BCUT2D eigenvalue weighted by molar-refractivity contribution is 5.49. The number of hydrogen-bond acceptors (Lipinski definition) is 4. The van der Waals surface area contributed by atoms with Crippen molar-refractivity contribution in [2.45, 2.75) is 47.1 Å². The van der Waals surface area contributed by atoms with E-state index in [1.807, 2.05) is 26.8 Å². The Balaban J connectivity index is 3.01. The molecule has 0 amide bonds. The molecule has 0 unspecified atom stereocenters. The van der Waals surface area contributed by atoms with Crippen molar-refractivity contribution in [3.8, 4) is 6.07 Å². The standard InChI is InChI=1S/C22H29FN4/c1-7-8-11-26-22(25-6)16(4)21(15(2)3)17(5)27-14-19-12-18(13-24)9-10-20(19)23/h9-10,12,26-27H,5-8,11,14H2,1-4H3/b22-16-. The summed E-state index contributed by atoms with van der Waals surface area (Å²) < 4.78 is 14.0. The van der Waals surface area contributed by atoms with Crippen LogP contribution in [0.1, 0.15) is 51.7 Å². The molecule has 1 aromatic rings. The quantitative estimate of drug-likeness (QED) is 0.349. The highest BCUT2D eigenvalue weighted by Gasteiger charge is 2.13. The van der Waals surface area contributed by atoms with Crippen LogP contribution in [0, 0.1) is 17.1 Å². The first kappa shape index (κ1) is 22.2. The number of nitrogens with zero attached hydrogens (tertiary/aromatic N) is 2. The summed E-state index contributed by atoms with van der Waals surface area (Å²) in [6.45, 7) is 16.9. The van der Waals surface area contributed by atoms with Crippen LogP contribution in [-0.2, 0) is 6.54 Å². The second-order valence-electron chi connectivity index (χ2n) is 6.54. The third-order valence-corrected chi connectivity index (χ3v) is 4.18. The van der Waals surface area contributed by atoms with E-state index in [-0.39, 0.29) is 12.4 Å². The van der Waals surface area contributed by atoms with Gasteiger partial charge in [-0.1, -0.05) is 25.5 Å². The molecule has 1 aromatic carbocycles. The highest BCUT2D eigenvalue weighted by atomic mass is 19.1. The van der Waals surface area contributed by atoms with E-state index in [1.54, 1.807) is 6.07 Å². The maximum absolute atomic E-state index is 14.0. The molecule has 0 spiro atoms. The number of rotatable bonds is 10. The number of nitrogens with one attached hydrogen (secondary N) is 2. The Kier molecular flexibility index (Phi) is 9.01. The van der Waals surface area contributed by atoms with Crippen LogP contribution in [-0.4, -0.2) is 13.3 Å². The van der Waals surface area contributed by atoms with Gasteiger partial charge in [-0.15, -0.1) is 0 Å². The van der Waals surface area contributed by atoms with Crippen molar-refractivity contribution in [1.82, 2.24) is 10.6 Å². The molecule has 4 nitrogen and oxygen atoms in total. The maximum atomic E-state index is 14.0. The van der Waals surface area contributed by atoms with E-state index < -0.39 is 0 Å². The molecule has 0 saturated carbocycles. The van der Waals surface area contributed by atoms with Crippen LogP contribution >= 0.6 is 0 Å². The first-order valence-corrected chi connectivity index (χ1v) is 9.06. The maximum Gasteiger partial charge on any atom is 0.128 e. The van der Waals surface area contributed by atoms with Gasteiger partial charge in [-0.05, 0) is 52.1 Å². The van der Waals surface area contributed by atoms with E-state index in [0.717, 1.165) is 41.9 Å². The topological polar surface area (TPSA) is 60.2 Å². The molecule has 0 saturated heterocycles. The molecule has 0 radical (unpaired) electrons. The normalized spacial score (nSPS) is 11.1. The second kappa shape index (κ2) is 11.0. The lowest BCUT2D eigenvalue weighted by molar-refractivity contribution is 0.601. The van der Waals surface area contributed by atoms with E-state index >= 15 is 0 Å². The average Bonchev–Trinajstić information content (AvgIpc) is 2.64. The first-order valence-electron chi connectivity index (χ1n) is 9.06. The Bertz CT molecular complexity index is 793. The van der Waals surface area contributed by atoms with Gasteiger partial charge in [-0.25, -0.2) is 9.38 Å². The Labute approximate surface area is 162 Å². The summed E-state index contributed by atoms with van der Waals surface area (Å²) in [5.41, 5.74) is 4.45. The molecule has 0 aliphatic carbocycles. The molecular formula is C22H29FN4. The van der Waals surface area contributed by atoms with Crippen molar-refractivity contribution in [1.29, 1.82) is 5.26 Å². The van der Waals surface area contributed by atoms with Crippen molar-refractivity contribution in [2.75, 3.05) is 6.54 Å². The van der Waals surface area contributed by atoms with Crippen LogP contribution in [0.25, 0.3) is 0 Å². The van der Waals surface area contributed by atoms with Crippen molar-refractivity contribution in [3.63, 3.8) is 0 Å². The van der Waals surface area contributed by atoms with Crippen molar-refractivity contribution >= 4 is 6.72 Å². The molecule has 0 aliphatic rings. The fourth-order valence-corrected chi connectivity index (χ4v) is 2.78. The predicted molar refractivity (Wildman–Crippen MR) is 111 cm³/mol. The van der Waals surface area contributed by atoms with Crippen LogP contribution in [0.3, 0.4) is 0 Å². The molecule has 27 heavy (non-hydrogen) atoms. The fraction of sp³-hybridized carbons (Fsp3) is 0.364. The zero-order chi connectivity index (χ0) is 20.4.